The molecule has 0 saturated heterocycles. The predicted molar refractivity (Wildman–Crippen MR) is 85.6 cm³/mol. The quantitative estimate of drug-likeness (QED) is 0.737. The fourth-order valence-electron chi connectivity index (χ4n) is 2.18. The molecule has 0 fully saturated rings. The first-order valence-electron chi connectivity index (χ1n) is 7.03. The Hall–Kier alpha value is -2.80. The van der Waals surface area contributed by atoms with E-state index in [0.717, 1.165) is 0 Å². The molecule has 0 aliphatic rings. The first kappa shape index (κ1) is 16.1. The van der Waals surface area contributed by atoms with Crippen molar-refractivity contribution in [1.29, 1.82) is 0 Å². The summed E-state index contributed by atoms with van der Waals surface area (Å²) in [4.78, 5) is 28.1. The van der Waals surface area contributed by atoms with Crippen LogP contribution >= 0.6 is 11.6 Å². The summed E-state index contributed by atoms with van der Waals surface area (Å²) >= 11 is 5.72. The van der Waals surface area contributed by atoms with E-state index in [2.05, 4.69) is 15.4 Å². The molecule has 0 atom stereocenters. The SMILES string of the molecule is CC(=O)c1cc(C(=O)NCc2ccc(F)c(Cl)c2)n2nccc2n1. The Balaban J connectivity index is 1.86. The van der Waals surface area contributed by atoms with Crippen LogP contribution in [0.5, 0.6) is 0 Å². The minimum Gasteiger partial charge on any atom is -0.347 e. The van der Waals surface area contributed by atoms with Gasteiger partial charge in [0.25, 0.3) is 5.91 Å². The van der Waals surface area contributed by atoms with Crippen molar-refractivity contribution in [2.75, 3.05) is 0 Å². The molecule has 3 rings (SSSR count). The molecule has 122 valence electrons. The molecular formula is C16H12ClFN4O2. The van der Waals surface area contributed by atoms with Crippen molar-refractivity contribution in [1.82, 2.24) is 19.9 Å². The zero-order valence-corrected chi connectivity index (χ0v) is 13.3. The third-order valence-electron chi connectivity index (χ3n) is 3.39. The van der Waals surface area contributed by atoms with Gasteiger partial charge < -0.3 is 5.32 Å². The van der Waals surface area contributed by atoms with E-state index in [4.69, 9.17) is 11.6 Å². The largest absolute Gasteiger partial charge is 0.347 e. The molecule has 0 radical (unpaired) electrons. The number of nitrogens with one attached hydrogen (secondary N) is 1. The average Bonchev–Trinajstić information content (AvgIpc) is 3.03. The van der Waals surface area contributed by atoms with Crippen LogP contribution in [0.1, 0.15) is 33.5 Å². The van der Waals surface area contributed by atoms with Crippen LogP contribution in [0.4, 0.5) is 4.39 Å². The summed E-state index contributed by atoms with van der Waals surface area (Å²) in [5, 5.41) is 6.71. The lowest BCUT2D eigenvalue weighted by Crippen LogP contribution is -2.26. The van der Waals surface area contributed by atoms with Gasteiger partial charge >= 0.3 is 0 Å². The van der Waals surface area contributed by atoms with Crippen molar-refractivity contribution in [3.05, 3.63) is 64.3 Å². The standard InChI is InChI=1S/C16H12ClFN4O2/c1-9(23)13-7-14(22-15(21-13)4-5-20-22)16(24)19-8-10-2-3-12(18)11(17)6-10/h2-7H,8H2,1H3,(H,19,24). The van der Waals surface area contributed by atoms with Gasteiger partial charge in [-0.05, 0) is 23.8 Å². The van der Waals surface area contributed by atoms with Gasteiger partial charge in [0, 0.05) is 19.5 Å². The number of aromatic nitrogens is 3. The van der Waals surface area contributed by atoms with Crippen LogP contribution in [0.3, 0.4) is 0 Å². The first-order valence-corrected chi connectivity index (χ1v) is 7.41. The Kier molecular flexibility index (Phi) is 4.26. The smallest absolute Gasteiger partial charge is 0.270 e. The van der Waals surface area contributed by atoms with Crippen LogP contribution in [-0.2, 0) is 6.54 Å². The number of Topliss-reactive ketones (excluding diaryl/α,β-unsaturated/α-hetero) is 1. The molecule has 0 aliphatic carbocycles. The van der Waals surface area contributed by atoms with Gasteiger partial charge in [0.1, 0.15) is 17.2 Å². The van der Waals surface area contributed by atoms with Crippen LogP contribution in [0.15, 0.2) is 36.5 Å². The minimum atomic E-state index is -0.523. The van der Waals surface area contributed by atoms with Gasteiger partial charge in [0.2, 0.25) is 0 Å². The van der Waals surface area contributed by atoms with E-state index in [0.29, 0.717) is 11.2 Å². The maximum absolute atomic E-state index is 13.2. The topological polar surface area (TPSA) is 76.4 Å². The third-order valence-corrected chi connectivity index (χ3v) is 3.68. The number of hydrogen-bond donors (Lipinski definition) is 1. The van der Waals surface area contributed by atoms with E-state index in [1.165, 1.54) is 41.9 Å². The number of rotatable bonds is 4. The summed E-state index contributed by atoms with van der Waals surface area (Å²) in [6.45, 7) is 1.52. The monoisotopic (exact) mass is 346 g/mol. The van der Waals surface area contributed by atoms with Crippen molar-refractivity contribution < 1.29 is 14.0 Å². The molecule has 6 nitrogen and oxygen atoms in total. The van der Waals surface area contributed by atoms with E-state index in [1.807, 2.05) is 0 Å². The summed E-state index contributed by atoms with van der Waals surface area (Å²) in [7, 11) is 0. The van der Waals surface area contributed by atoms with E-state index in [1.54, 1.807) is 6.07 Å². The van der Waals surface area contributed by atoms with Gasteiger partial charge in [-0.2, -0.15) is 5.10 Å². The number of nitrogens with zero attached hydrogens (tertiary/aromatic N) is 3. The average molecular weight is 347 g/mol. The highest BCUT2D eigenvalue weighted by atomic mass is 35.5. The van der Waals surface area contributed by atoms with E-state index in [9.17, 15) is 14.0 Å². The van der Waals surface area contributed by atoms with Gasteiger partial charge in [-0.25, -0.2) is 13.9 Å². The van der Waals surface area contributed by atoms with Gasteiger partial charge in [0.05, 0.1) is 11.2 Å². The Labute approximate surface area is 141 Å². The second kappa shape index (κ2) is 6.37. The van der Waals surface area contributed by atoms with Crippen molar-refractivity contribution in [2.24, 2.45) is 0 Å². The molecule has 1 amide bonds. The zero-order chi connectivity index (χ0) is 17.3. The maximum atomic E-state index is 13.2. The molecule has 24 heavy (non-hydrogen) atoms. The molecule has 2 heterocycles. The fourth-order valence-corrected chi connectivity index (χ4v) is 2.38. The maximum Gasteiger partial charge on any atom is 0.270 e. The van der Waals surface area contributed by atoms with Gasteiger partial charge in [-0.3, -0.25) is 9.59 Å². The van der Waals surface area contributed by atoms with Crippen LogP contribution in [0.25, 0.3) is 5.65 Å². The summed E-state index contributed by atoms with van der Waals surface area (Å²) in [6, 6.07) is 7.18. The number of carbonyl (C=O) groups excluding carboxylic acids is 2. The van der Waals surface area contributed by atoms with Crippen molar-refractivity contribution in [3.63, 3.8) is 0 Å². The molecule has 0 unspecified atom stereocenters. The molecule has 8 heteroatoms. The summed E-state index contributed by atoms with van der Waals surface area (Å²) < 4.78 is 14.5. The molecule has 0 bridgehead atoms. The number of halogens is 2. The highest BCUT2D eigenvalue weighted by Gasteiger charge is 2.15. The van der Waals surface area contributed by atoms with Crippen LogP contribution in [-0.4, -0.2) is 26.3 Å². The lowest BCUT2D eigenvalue weighted by molar-refractivity contribution is 0.0943. The van der Waals surface area contributed by atoms with Crippen molar-refractivity contribution >= 4 is 28.9 Å². The number of hydrogen-bond acceptors (Lipinski definition) is 4. The highest BCUT2D eigenvalue weighted by Crippen LogP contribution is 2.16. The second-order valence-electron chi connectivity index (χ2n) is 5.12. The lowest BCUT2D eigenvalue weighted by atomic mass is 10.2. The summed E-state index contributed by atoms with van der Waals surface area (Å²) in [5.41, 5.74) is 1.41. The van der Waals surface area contributed by atoms with Crippen molar-refractivity contribution in [3.8, 4) is 0 Å². The molecule has 2 aromatic heterocycles. The van der Waals surface area contributed by atoms with Gasteiger partial charge in [-0.1, -0.05) is 17.7 Å². The van der Waals surface area contributed by atoms with Crippen molar-refractivity contribution in [2.45, 2.75) is 13.5 Å². The van der Waals surface area contributed by atoms with E-state index in [-0.39, 0.29) is 28.7 Å². The van der Waals surface area contributed by atoms with Crippen LogP contribution < -0.4 is 5.32 Å². The Morgan fingerprint density at radius 2 is 2.08 bits per heavy atom. The van der Waals surface area contributed by atoms with Crippen LogP contribution in [0, 0.1) is 5.82 Å². The molecule has 0 aliphatic heterocycles. The Bertz CT molecular complexity index is 954. The van der Waals surface area contributed by atoms with Gasteiger partial charge in [0.15, 0.2) is 11.4 Å². The predicted octanol–water partition coefficient (Wildman–Crippen LogP) is 2.65. The number of ketones is 1. The Morgan fingerprint density at radius 3 is 2.79 bits per heavy atom. The minimum absolute atomic E-state index is 0.0148. The summed E-state index contributed by atoms with van der Waals surface area (Å²) in [5.74, 6) is -1.21. The number of benzene rings is 1. The van der Waals surface area contributed by atoms with Gasteiger partial charge in [-0.15, -0.1) is 0 Å². The summed E-state index contributed by atoms with van der Waals surface area (Å²) in [6.07, 6.45) is 1.49. The highest BCUT2D eigenvalue weighted by molar-refractivity contribution is 6.30. The molecule has 0 spiro atoms. The zero-order valence-electron chi connectivity index (χ0n) is 12.6. The Morgan fingerprint density at radius 1 is 1.29 bits per heavy atom. The fraction of sp³-hybridized carbons (Fsp3) is 0.125. The number of carbonyl (C=O) groups is 2. The van der Waals surface area contributed by atoms with E-state index < -0.39 is 11.7 Å². The number of fused-ring (bicyclic) bond motifs is 1. The molecule has 0 saturated carbocycles. The molecular weight excluding hydrogens is 335 g/mol. The number of amides is 1. The van der Waals surface area contributed by atoms with Crippen LogP contribution in [0.2, 0.25) is 5.02 Å². The van der Waals surface area contributed by atoms with E-state index >= 15 is 0 Å². The normalized spacial score (nSPS) is 10.8. The molecule has 1 N–H and O–H groups in total. The lowest BCUT2D eigenvalue weighted by Gasteiger charge is -2.08. The first-order chi connectivity index (χ1) is 11.5. The second-order valence-corrected chi connectivity index (χ2v) is 5.52. The third kappa shape index (κ3) is 3.11. The molecule has 3 aromatic rings. The molecule has 1 aromatic carbocycles.